The van der Waals surface area contributed by atoms with Crippen LogP contribution in [0.15, 0.2) is 52.5 Å². The van der Waals surface area contributed by atoms with Gasteiger partial charge in [0.15, 0.2) is 11.5 Å². The van der Waals surface area contributed by atoms with Crippen LogP contribution >= 0.6 is 0 Å². The standard InChI is InChI=1S/C17H19N3O5S/c1-12-3-6-14(7-4-12)26(23,24)19-11-17(22)20-18-10-13-5-8-15(21)16(9-13)25-2/h3-10,19,21H,11H2,1-2H3,(H,20,22)/b18-10-. The summed E-state index contributed by atoms with van der Waals surface area (Å²) in [6.07, 6.45) is 1.34. The number of methoxy groups -OCH3 is 1. The third kappa shape index (κ3) is 5.30. The Hall–Kier alpha value is -2.91. The predicted molar refractivity (Wildman–Crippen MR) is 96.8 cm³/mol. The second-order valence-corrected chi connectivity index (χ2v) is 7.13. The number of phenols is 1. The van der Waals surface area contributed by atoms with E-state index in [0.29, 0.717) is 5.56 Å². The molecule has 0 saturated heterocycles. The first-order valence-electron chi connectivity index (χ1n) is 7.57. The van der Waals surface area contributed by atoms with Gasteiger partial charge in [-0.3, -0.25) is 4.79 Å². The smallest absolute Gasteiger partial charge is 0.255 e. The number of hydrazone groups is 1. The number of sulfonamides is 1. The average Bonchev–Trinajstić information content (AvgIpc) is 2.62. The van der Waals surface area contributed by atoms with Crippen LogP contribution in [0.2, 0.25) is 0 Å². The number of carbonyl (C=O) groups is 1. The first kappa shape index (κ1) is 19.4. The van der Waals surface area contributed by atoms with E-state index < -0.39 is 22.5 Å². The average molecular weight is 377 g/mol. The van der Waals surface area contributed by atoms with Crippen LogP contribution in [0.4, 0.5) is 0 Å². The third-order valence-electron chi connectivity index (χ3n) is 3.36. The zero-order valence-corrected chi connectivity index (χ0v) is 15.1. The first-order chi connectivity index (χ1) is 12.3. The summed E-state index contributed by atoms with van der Waals surface area (Å²) in [5.74, 6) is -0.368. The monoisotopic (exact) mass is 377 g/mol. The molecule has 9 heteroatoms. The van der Waals surface area contributed by atoms with E-state index in [1.54, 1.807) is 18.2 Å². The molecule has 0 fully saturated rings. The van der Waals surface area contributed by atoms with Crippen molar-refractivity contribution in [2.45, 2.75) is 11.8 Å². The fourth-order valence-electron chi connectivity index (χ4n) is 1.95. The molecule has 0 atom stereocenters. The van der Waals surface area contributed by atoms with Crippen LogP contribution in [0, 0.1) is 6.92 Å². The summed E-state index contributed by atoms with van der Waals surface area (Å²) in [6.45, 7) is 1.39. The van der Waals surface area contributed by atoms with Crippen molar-refractivity contribution < 1.29 is 23.1 Å². The van der Waals surface area contributed by atoms with Gasteiger partial charge < -0.3 is 9.84 Å². The zero-order chi connectivity index (χ0) is 19.2. The lowest BCUT2D eigenvalue weighted by atomic mass is 10.2. The second kappa shape index (κ2) is 8.45. The fourth-order valence-corrected chi connectivity index (χ4v) is 2.94. The van der Waals surface area contributed by atoms with Crippen molar-refractivity contribution in [3.05, 3.63) is 53.6 Å². The lowest BCUT2D eigenvalue weighted by Gasteiger charge is -2.06. The molecule has 0 aliphatic heterocycles. The van der Waals surface area contributed by atoms with Crippen LogP contribution in [0.25, 0.3) is 0 Å². The molecule has 8 nitrogen and oxygen atoms in total. The van der Waals surface area contributed by atoms with Gasteiger partial charge in [-0.25, -0.2) is 18.6 Å². The third-order valence-corrected chi connectivity index (χ3v) is 4.78. The number of benzene rings is 2. The Morgan fingerprint density at radius 1 is 1.23 bits per heavy atom. The Kier molecular flexibility index (Phi) is 6.31. The van der Waals surface area contributed by atoms with Gasteiger partial charge in [-0.1, -0.05) is 17.7 Å². The molecule has 2 rings (SSSR count). The fraction of sp³-hybridized carbons (Fsp3) is 0.176. The highest BCUT2D eigenvalue weighted by molar-refractivity contribution is 7.89. The number of nitrogens with zero attached hydrogens (tertiary/aromatic N) is 1. The number of carbonyl (C=O) groups excluding carboxylic acids is 1. The van der Waals surface area contributed by atoms with Gasteiger partial charge in [-0.2, -0.15) is 5.10 Å². The number of rotatable bonds is 7. The number of aryl methyl sites for hydroxylation is 1. The van der Waals surface area contributed by atoms with E-state index in [1.807, 2.05) is 6.92 Å². The Morgan fingerprint density at radius 2 is 1.92 bits per heavy atom. The van der Waals surface area contributed by atoms with Gasteiger partial charge in [-0.05, 0) is 42.8 Å². The molecule has 0 radical (unpaired) electrons. The van der Waals surface area contributed by atoms with E-state index in [1.165, 1.54) is 37.6 Å². The Labute approximate surface area is 151 Å². The maximum absolute atomic E-state index is 12.1. The molecule has 0 aliphatic carbocycles. The predicted octanol–water partition coefficient (Wildman–Crippen LogP) is 1.14. The summed E-state index contributed by atoms with van der Waals surface area (Å²) in [4.78, 5) is 11.8. The van der Waals surface area contributed by atoms with Crippen LogP contribution in [0.1, 0.15) is 11.1 Å². The molecule has 0 aromatic heterocycles. The number of ether oxygens (including phenoxy) is 1. The molecule has 1 amide bonds. The van der Waals surface area contributed by atoms with Crippen molar-refractivity contribution in [3.63, 3.8) is 0 Å². The molecule has 0 unspecified atom stereocenters. The number of phenolic OH excluding ortho intramolecular Hbond substituents is 1. The Morgan fingerprint density at radius 3 is 2.58 bits per heavy atom. The van der Waals surface area contributed by atoms with Crippen molar-refractivity contribution in [2.75, 3.05) is 13.7 Å². The molecule has 3 N–H and O–H groups in total. The van der Waals surface area contributed by atoms with E-state index in [-0.39, 0.29) is 16.4 Å². The molecule has 0 aliphatic rings. The van der Waals surface area contributed by atoms with Crippen LogP contribution in [0.5, 0.6) is 11.5 Å². The van der Waals surface area contributed by atoms with Crippen molar-refractivity contribution in [1.29, 1.82) is 0 Å². The van der Waals surface area contributed by atoms with E-state index in [2.05, 4.69) is 15.2 Å². The van der Waals surface area contributed by atoms with Gasteiger partial charge in [-0.15, -0.1) is 0 Å². The highest BCUT2D eigenvalue weighted by atomic mass is 32.2. The summed E-state index contributed by atoms with van der Waals surface area (Å²) in [5, 5.41) is 13.2. The Balaban J connectivity index is 1.89. The molecule has 0 heterocycles. The normalized spacial score (nSPS) is 11.5. The summed E-state index contributed by atoms with van der Waals surface area (Å²) in [7, 11) is -2.36. The summed E-state index contributed by atoms with van der Waals surface area (Å²) in [6, 6.07) is 10.8. The lowest BCUT2D eigenvalue weighted by Crippen LogP contribution is -2.34. The summed E-state index contributed by atoms with van der Waals surface area (Å²) >= 11 is 0. The lowest BCUT2D eigenvalue weighted by molar-refractivity contribution is -0.119. The molecule has 138 valence electrons. The quantitative estimate of drug-likeness (QED) is 0.494. The van der Waals surface area contributed by atoms with Crippen molar-refractivity contribution >= 4 is 22.1 Å². The van der Waals surface area contributed by atoms with Gasteiger partial charge >= 0.3 is 0 Å². The summed E-state index contributed by atoms with van der Waals surface area (Å²) in [5.41, 5.74) is 3.73. The number of amides is 1. The van der Waals surface area contributed by atoms with Gasteiger partial charge in [0.2, 0.25) is 10.0 Å². The highest BCUT2D eigenvalue weighted by Crippen LogP contribution is 2.25. The molecule has 2 aromatic carbocycles. The van der Waals surface area contributed by atoms with Crippen LogP contribution in [0.3, 0.4) is 0 Å². The number of hydrogen-bond acceptors (Lipinski definition) is 6. The van der Waals surface area contributed by atoms with E-state index >= 15 is 0 Å². The molecule has 0 bridgehead atoms. The van der Waals surface area contributed by atoms with E-state index in [9.17, 15) is 18.3 Å². The topological polar surface area (TPSA) is 117 Å². The van der Waals surface area contributed by atoms with Gasteiger partial charge in [0.05, 0.1) is 24.8 Å². The molecular formula is C17H19N3O5S. The number of hydrogen-bond donors (Lipinski definition) is 3. The van der Waals surface area contributed by atoms with Gasteiger partial charge in [0, 0.05) is 0 Å². The van der Waals surface area contributed by atoms with E-state index in [0.717, 1.165) is 5.56 Å². The molecular weight excluding hydrogens is 358 g/mol. The van der Waals surface area contributed by atoms with Crippen LogP contribution in [-0.4, -0.2) is 39.3 Å². The van der Waals surface area contributed by atoms with E-state index in [4.69, 9.17) is 4.74 Å². The zero-order valence-electron chi connectivity index (χ0n) is 14.3. The molecule has 2 aromatic rings. The van der Waals surface area contributed by atoms with Crippen molar-refractivity contribution in [3.8, 4) is 11.5 Å². The van der Waals surface area contributed by atoms with Gasteiger partial charge in [0.1, 0.15) is 0 Å². The number of aromatic hydroxyl groups is 1. The molecule has 0 saturated carbocycles. The first-order valence-corrected chi connectivity index (χ1v) is 9.05. The SMILES string of the molecule is COc1cc(/C=N\NC(=O)CNS(=O)(=O)c2ccc(C)cc2)ccc1O. The minimum absolute atomic E-state index is 0.0146. The minimum Gasteiger partial charge on any atom is -0.504 e. The summed E-state index contributed by atoms with van der Waals surface area (Å²) < 4.78 is 31.3. The highest BCUT2D eigenvalue weighted by Gasteiger charge is 2.14. The largest absolute Gasteiger partial charge is 0.504 e. The van der Waals surface area contributed by atoms with Crippen molar-refractivity contribution in [2.24, 2.45) is 5.10 Å². The Bertz CT molecular complexity index is 908. The van der Waals surface area contributed by atoms with Crippen LogP contribution < -0.4 is 14.9 Å². The minimum atomic E-state index is -3.77. The molecule has 0 spiro atoms. The maximum Gasteiger partial charge on any atom is 0.255 e. The van der Waals surface area contributed by atoms with Crippen molar-refractivity contribution in [1.82, 2.24) is 10.1 Å². The maximum atomic E-state index is 12.1. The van der Waals surface area contributed by atoms with Crippen LogP contribution in [-0.2, 0) is 14.8 Å². The molecule has 26 heavy (non-hydrogen) atoms. The van der Waals surface area contributed by atoms with Gasteiger partial charge in [0.25, 0.3) is 5.91 Å². The number of nitrogens with one attached hydrogen (secondary N) is 2. The second-order valence-electron chi connectivity index (χ2n) is 5.36.